The molecule has 2 rings (SSSR count). The van der Waals surface area contributed by atoms with Crippen molar-refractivity contribution in [1.29, 1.82) is 0 Å². The Morgan fingerprint density at radius 1 is 1.38 bits per heavy atom. The van der Waals surface area contributed by atoms with Gasteiger partial charge in [0.1, 0.15) is 11.9 Å². The van der Waals surface area contributed by atoms with Crippen molar-refractivity contribution >= 4 is 17.6 Å². The molecule has 1 atom stereocenters. The quantitative estimate of drug-likeness (QED) is 0.845. The number of urea groups is 1. The van der Waals surface area contributed by atoms with Crippen LogP contribution in [0.25, 0.3) is 0 Å². The average molecular weight is 294 g/mol. The number of rotatable bonds is 2. The van der Waals surface area contributed by atoms with Gasteiger partial charge in [-0.1, -0.05) is 12.1 Å². The minimum Gasteiger partial charge on any atom is -0.347 e. The monoisotopic (exact) mass is 294 g/mol. The van der Waals surface area contributed by atoms with Crippen LogP contribution in [0.15, 0.2) is 24.3 Å². The van der Waals surface area contributed by atoms with Crippen LogP contribution < -0.4 is 10.6 Å². The molecule has 0 aliphatic carbocycles. The molecule has 0 spiro atoms. The van der Waals surface area contributed by atoms with Crippen molar-refractivity contribution < 1.29 is 14.0 Å². The van der Waals surface area contributed by atoms with E-state index < -0.39 is 17.9 Å². The Morgan fingerprint density at radius 2 is 2.10 bits per heavy atom. The number of carbonyl (C=O) groups is 2. The molecule has 1 unspecified atom stereocenters. The van der Waals surface area contributed by atoms with Crippen LogP contribution in [-0.4, -0.2) is 61.5 Å². The standard InChI is InChI=1S/C14H19FN4O2/c1-18(2)13(20)12-9-16-7-8-19(12)14(21)17-11-6-4-3-5-10(11)15/h3-6,12,16H,7-9H2,1-2H3,(H,17,21). The molecule has 1 aliphatic heterocycles. The van der Waals surface area contributed by atoms with Crippen molar-refractivity contribution in [1.82, 2.24) is 15.1 Å². The number of nitrogens with one attached hydrogen (secondary N) is 2. The van der Waals surface area contributed by atoms with Gasteiger partial charge in [-0.15, -0.1) is 0 Å². The summed E-state index contributed by atoms with van der Waals surface area (Å²) in [4.78, 5) is 27.3. The molecule has 1 fully saturated rings. The van der Waals surface area contributed by atoms with Gasteiger partial charge in [0.2, 0.25) is 5.91 Å². The SMILES string of the molecule is CN(C)C(=O)C1CNCCN1C(=O)Nc1ccccc1F. The van der Waals surface area contributed by atoms with Gasteiger partial charge in [0.15, 0.2) is 0 Å². The van der Waals surface area contributed by atoms with E-state index in [9.17, 15) is 14.0 Å². The maximum Gasteiger partial charge on any atom is 0.322 e. The summed E-state index contributed by atoms with van der Waals surface area (Å²) in [5.41, 5.74) is 0.108. The first-order valence-electron chi connectivity index (χ1n) is 6.74. The lowest BCUT2D eigenvalue weighted by Crippen LogP contribution is -2.60. The average Bonchev–Trinajstić information content (AvgIpc) is 2.48. The molecule has 1 aliphatic rings. The molecule has 7 heteroatoms. The summed E-state index contributed by atoms with van der Waals surface area (Å²) in [6.45, 7) is 1.38. The van der Waals surface area contributed by atoms with E-state index in [-0.39, 0.29) is 11.6 Å². The highest BCUT2D eigenvalue weighted by atomic mass is 19.1. The molecule has 6 nitrogen and oxygen atoms in total. The van der Waals surface area contributed by atoms with E-state index >= 15 is 0 Å². The van der Waals surface area contributed by atoms with E-state index in [0.717, 1.165) is 0 Å². The van der Waals surface area contributed by atoms with Crippen LogP contribution in [0, 0.1) is 5.82 Å². The van der Waals surface area contributed by atoms with Gasteiger partial charge in [0.25, 0.3) is 0 Å². The number of nitrogens with zero attached hydrogens (tertiary/aromatic N) is 2. The van der Waals surface area contributed by atoms with Gasteiger partial charge in [-0.05, 0) is 12.1 Å². The number of para-hydroxylation sites is 1. The van der Waals surface area contributed by atoms with E-state index in [1.165, 1.54) is 21.9 Å². The highest BCUT2D eigenvalue weighted by molar-refractivity contribution is 5.94. The molecule has 1 aromatic carbocycles. The Morgan fingerprint density at radius 3 is 2.76 bits per heavy atom. The first-order valence-corrected chi connectivity index (χ1v) is 6.74. The second kappa shape index (κ2) is 6.53. The Labute approximate surface area is 122 Å². The van der Waals surface area contributed by atoms with Crippen LogP contribution in [0.5, 0.6) is 0 Å². The Balaban J connectivity index is 2.12. The first kappa shape index (κ1) is 15.2. The third-order valence-electron chi connectivity index (χ3n) is 3.35. The first-order chi connectivity index (χ1) is 10.0. The molecule has 0 bridgehead atoms. The van der Waals surface area contributed by atoms with Gasteiger partial charge in [0, 0.05) is 33.7 Å². The zero-order valence-electron chi connectivity index (χ0n) is 12.1. The number of hydrogen-bond acceptors (Lipinski definition) is 3. The second-order valence-corrected chi connectivity index (χ2v) is 5.06. The predicted molar refractivity (Wildman–Crippen MR) is 77.5 cm³/mol. The number of halogens is 1. The minimum atomic E-state index is -0.583. The van der Waals surface area contributed by atoms with E-state index in [1.807, 2.05) is 0 Å². The largest absolute Gasteiger partial charge is 0.347 e. The zero-order chi connectivity index (χ0) is 15.4. The van der Waals surface area contributed by atoms with Crippen LogP contribution in [0.4, 0.5) is 14.9 Å². The fraction of sp³-hybridized carbons (Fsp3) is 0.429. The summed E-state index contributed by atoms with van der Waals surface area (Å²) in [5, 5.41) is 5.60. The van der Waals surface area contributed by atoms with E-state index in [1.54, 1.807) is 26.2 Å². The lowest BCUT2D eigenvalue weighted by Gasteiger charge is -2.36. The summed E-state index contributed by atoms with van der Waals surface area (Å²) in [5.74, 6) is -0.664. The Kier molecular flexibility index (Phi) is 4.74. The molecule has 1 aromatic rings. The van der Waals surface area contributed by atoms with E-state index in [0.29, 0.717) is 19.6 Å². The van der Waals surface area contributed by atoms with Crippen LogP contribution in [0.2, 0.25) is 0 Å². The number of anilines is 1. The number of carbonyl (C=O) groups excluding carboxylic acids is 2. The minimum absolute atomic E-state index is 0.108. The third kappa shape index (κ3) is 3.49. The van der Waals surface area contributed by atoms with E-state index in [4.69, 9.17) is 0 Å². The van der Waals surface area contributed by atoms with Gasteiger partial charge >= 0.3 is 6.03 Å². The summed E-state index contributed by atoms with van der Waals surface area (Å²) < 4.78 is 13.6. The fourth-order valence-corrected chi connectivity index (χ4v) is 2.22. The smallest absolute Gasteiger partial charge is 0.322 e. The van der Waals surface area contributed by atoms with Crippen molar-refractivity contribution in [3.63, 3.8) is 0 Å². The molecular weight excluding hydrogens is 275 g/mol. The lowest BCUT2D eigenvalue weighted by atomic mass is 10.1. The van der Waals surface area contributed by atoms with Crippen molar-refractivity contribution in [3.8, 4) is 0 Å². The number of benzene rings is 1. The molecule has 2 N–H and O–H groups in total. The van der Waals surface area contributed by atoms with Crippen molar-refractivity contribution in [2.24, 2.45) is 0 Å². The summed E-state index contributed by atoms with van der Waals surface area (Å²) in [7, 11) is 3.29. The summed E-state index contributed by atoms with van der Waals surface area (Å²) in [6.07, 6.45) is 0. The van der Waals surface area contributed by atoms with Crippen molar-refractivity contribution in [2.75, 3.05) is 39.0 Å². The molecule has 3 amide bonds. The molecule has 0 radical (unpaired) electrons. The van der Waals surface area contributed by atoms with Crippen LogP contribution >= 0.6 is 0 Å². The molecule has 0 saturated carbocycles. The highest BCUT2D eigenvalue weighted by Gasteiger charge is 2.33. The van der Waals surface area contributed by atoms with Crippen LogP contribution in [-0.2, 0) is 4.79 Å². The molecule has 114 valence electrons. The van der Waals surface area contributed by atoms with Gasteiger partial charge < -0.3 is 20.4 Å². The van der Waals surface area contributed by atoms with Gasteiger partial charge in [0.05, 0.1) is 5.69 Å². The van der Waals surface area contributed by atoms with Gasteiger partial charge in [-0.25, -0.2) is 9.18 Å². The predicted octanol–water partition coefficient (Wildman–Crippen LogP) is 0.720. The Bertz CT molecular complexity index is 535. The highest BCUT2D eigenvalue weighted by Crippen LogP contribution is 2.15. The molecule has 21 heavy (non-hydrogen) atoms. The molecule has 1 saturated heterocycles. The molecule has 1 heterocycles. The number of likely N-dealkylation sites (N-methyl/N-ethyl adjacent to an activating group) is 1. The fourth-order valence-electron chi connectivity index (χ4n) is 2.22. The zero-order valence-corrected chi connectivity index (χ0v) is 12.1. The van der Waals surface area contributed by atoms with Crippen molar-refractivity contribution in [3.05, 3.63) is 30.1 Å². The van der Waals surface area contributed by atoms with Crippen LogP contribution in [0.3, 0.4) is 0 Å². The maximum atomic E-state index is 13.6. The van der Waals surface area contributed by atoms with Gasteiger partial charge in [-0.2, -0.15) is 0 Å². The summed E-state index contributed by atoms with van der Waals surface area (Å²) >= 11 is 0. The topological polar surface area (TPSA) is 64.7 Å². The molecule has 0 aromatic heterocycles. The Hall–Kier alpha value is -2.15. The number of amides is 3. The van der Waals surface area contributed by atoms with Gasteiger partial charge in [-0.3, -0.25) is 4.79 Å². The lowest BCUT2D eigenvalue weighted by molar-refractivity contribution is -0.133. The molecular formula is C14H19FN4O2. The van der Waals surface area contributed by atoms with E-state index in [2.05, 4.69) is 10.6 Å². The normalized spacial score (nSPS) is 18.2. The van der Waals surface area contributed by atoms with Crippen LogP contribution in [0.1, 0.15) is 0 Å². The number of piperazine rings is 1. The van der Waals surface area contributed by atoms with Crippen molar-refractivity contribution in [2.45, 2.75) is 6.04 Å². The summed E-state index contributed by atoms with van der Waals surface area (Å²) in [6, 6.07) is 4.89. The second-order valence-electron chi connectivity index (χ2n) is 5.06. The third-order valence-corrected chi connectivity index (χ3v) is 3.35. The number of hydrogen-bond donors (Lipinski definition) is 2. The maximum absolute atomic E-state index is 13.6.